The third-order valence-electron chi connectivity index (χ3n) is 4.08. The van der Waals surface area contributed by atoms with E-state index in [1.807, 2.05) is 20.8 Å². The Morgan fingerprint density at radius 3 is 2.17 bits per heavy atom. The topological polar surface area (TPSA) is 49.4 Å². The summed E-state index contributed by atoms with van der Waals surface area (Å²) >= 11 is 12.5. The van der Waals surface area contributed by atoms with Crippen molar-refractivity contribution in [3.63, 3.8) is 0 Å². The lowest BCUT2D eigenvalue weighted by Crippen LogP contribution is -2.50. The molecule has 0 radical (unpaired) electrons. The van der Waals surface area contributed by atoms with Crippen molar-refractivity contribution in [2.75, 3.05) is 0 Å². The van der Waals surface area contributed by atoms with E-state index in [-0.39, 0.29) is 24.4 Å². The number of amides is 2. The Morgan fingerprint density at radius 1 is 1.12 bits per heavy atom. The fourth-order valence-electron chi connectivity index (χ4n) is 2.42. The van der Waals surface area contributed by atoms with E-state index in [1.165, 1.54) is 0 Å². The zero-order chi connectivity index (χ0) is 18.3. The van der Waals surface area contributed by atoms with E-state index in [4.69, 9.17) is 23.2 Å². The first-order chi connectivity index (χ1) is 11.3. The molecule has 0 aliphatic rings. The Bertz CT molecular complexity index is 558. The minimum Gasteiger partial charge on any atom is -0.352 e. The highest BCUT2D eigenvalue weighted by Gasteiger charge is 2.29. The second kappa shape index (κ2) is 9.90. The first kappa shape index (κ1) is 20.8. The lowest BCUT2D eigenvalue weighted by molar-refractivity contribution is -0.141. The molecule has 0 saturated heterocycles. The van der Waals surface area contributed by atoms with E-state index < -0.39 is 6.04 Å². The number of hydrogen-bond acceptors (Lipinski definition) is 2. The van der Waals surface area contributed by atoms with E-state index in [9.17, 15) is 9.59 Å². The molecular weight excluding hydrogens is 347 g/mol. The summed E-state index contributed by atoms with van der Waals surface area (Å²) in [5.74, 6) is -0.242. The van der Waals surface area contributed by atoms with Crippen LogP contribution in [0.25, 0.3) is 0 Å². The molecule has 0 unspecified atom stereocenters. The van der Waals surface area contributed by atoms with Crippen LogP contribution in [0, 0.1) is 0 Å². The SMILES string of the molecule is CCC(=O)N(Cc1c(Cl)cccc1Cl)[C@H](CC)C(=O)N[C@@H](C)CC. The van der Waals surface area contributed by atoms with Gasteiger partial charge in [-0.1, -0.05) is 50.0 Å². The summed E-state index contributed by atoms with van der Waals surface area (Å²) in [6, 6.07) is 4.75. The molecule has 134 valence electrons. The van der Waals surface area contributed by atoms with Crippen molar-refractivity contribution >= 4 is 35.0 Å². The smallest absolute Gasteiger partial charge is 0.243 e. The minimum atomic E-state index is -0.543. The zero-order valence-corrected chi connectivity index (χ0v) is 16.2. The largest absolute Gasteiger partial charge is 0.352 e. The molecule has 6 heteroatoms. The van der Waals surface area contributed by atoms with Crippen molar-refractivity contribution in [2.24, 2.45) is 0 Å². The standard InChI is InChI=1S/C18H26Cl2N2O2/c1-5-12(4)21-18(24)16(6-2)22(17(23)7-3)11-13-14(19)9-8-10-15(13)20/h8-10,12,16H,5-7,11H2,1-4H3,(H,21,24)/t12-,16+/m0/s1. The van der Waals surface area contributed by atoms with Crippen LogP contribution in [0.1, 0.15) is 52.5 Å². The predicted octanol–water partition coefficient (Wildman–Crippen LogP) is 4.43. The van der Waals surface area contributed by atoms with Gasteiger partial charge in [0.25, 0.3) is 0 Å². The monoisotopic (exact) mass is 372 g/mol. The van der Waals surface area contributed by atoms with E-state index in [1.54, 1.807) is 30.0 Å². The third kappa shape index (κ3) is 5.38. The summed E-state index contributed by atoms with van der Waals surface area (Å²) in [6.07, 6.45) is 1.67. The molecule has 24 heavy (non-hydrogen) atoms. The number of carbonyl (C=O) groups is 2. The maximum atomic E-state index is 12.6. The summed E-state index contributed by atoms with van der Waals surface area (Å²) in [7, 11) is 0. The molecule has 1 rings (SSSR count). The van der Waals surface area contributed by atoms with Crippen molar-refractivity contribution in [1.82, 2.24) is 10.2 Å². The van der Waals surface area contributed by atoms with E-state index in [0.29, 0.717) is 28.5 Å². The first-order valence-corrected chi connectivity index (χ1v) is 9.13. The van der Waals surface area contributed by atoms with Gasteiger partial charge in [0.1, 0.15) is 6.04 Å². The molecule has 0 fully saturated rings. The Kier molecular flexibility index (Phi) is 8.57. The maximum absolute atomic E-state index is 12.6. The van der Waals surface area contributed by atoms with E-state index in [0.717, 1.165) is 6.42 Å². The molecule has 1 aromatic rings. The van der Waals surface area contributed by atoms with Gasteiger partial charge in [-0.2, -0.15) is 0 Å². The highest BCUT2D eigenvalue weighted by Crippen LogP contribution is 2.27. The zero-order valence-electron chi connectivity index (χ0n) is 14.7. The molecule has 0 heterocycles. The number of halogens is 2. The van der Waals surface area contributed by atoms with Crippen LogP contribution < -0.4 is 5.32 Å². The molecule has 1 N–H and O–H groups in total. The maximum Gasteiger partial charge on any atom is 0.243 e. The summed E-state index contributed by atoms with van der Waals surface area (Å²) in [5, 5.41) is 3.94. The van der Waals surface area contributed by atoms with E-state index >= 15 is 0 Å². The average molecular weight is 373 g/mol. The van der Waals surface area contributed by atoms with Gasteiger partial charge in [-0.25, -0.2) is 0 Å². The van der Waals surface area contributed by atoms with Crippen LogP contribution in [-0.4, -0.2) is 28.8 Å². The van der Waals surface area contributed by atoms with Crippen molar-refractivity contribution in [2.45, 2.75) is 65.6 Å². The minimum absolute atomic E-state index is 0.0639. The predicted molar refractivity (Wildman–Crippen MR) is 99.3 cm³/mol. The van der Waals surface area contributed by atoms with Gasteiger partial charge in [-0.05, 0) is 31.9 Å². The second-order valence-corrected chi connectivity index (χ2v) is 6.63. The molecule has 0 spiro atoms. The molecule has 0 aliphatic heterocycles. The Morgan fingerprint density at radius 2 is 1.71 bits per heavy atom. The molecule has 2 atom stereocenters. The van der Waals surface area contributed by atoms with Gasteiger partial charge >= 0.3 is 0 Å². The number of nitrogens with zero attached hydrogens (tertiary/aromatic N) is 1. The lowest BCUT2D eigenvalue weighted by Gasteiger charge is -2.31. The van der Waals surface area contributed by atoms with Gasteiger partial charge in [0.15, 0.2) is 0 Å². The molecule has 0 aliphatic carbocycles. The molecule has 0 saturated carbocycles. The Hall–Kier alpha value is -1.26. The number of rotatable bonds is 8. The number of hydrogen-bond donors (Lipinski definition) is 1. The molecular formula is C18H26Cl2N2O2. The summed E-state index contributed by atoms with van der Waals surface area (Å²) in [4.78, 5) is 26.6. The summed E-state index contributed by atoms with van der Waals surface area (Å²) in [5.41, 5.74) is 0.664. The van der Waals surface area contributed by atoms with Crippen molar-refractivity contribution in [1.29, 1.82) is 0 Å². The third-order valence-corrected chi connectivity index (χ3v) is 4.79. The molecule has 0 aromatic heterocycles. The number of benzene rings is 1. The van der Waals surface area contributed by atoms with Gasteiger partial charge in [0.05, 0.1) is 0 Å². The van der Waals surface area contributed by atoms with Crippen molar-refractivity contribution in [3.8, 4) is 0 Å². The van der Waals surface area contributed by atoms with Crippen LogP contribution >= 0.6 is 23.2 Å². The van der Waals surface area contributed by atoms with Crippen LogP contribution in [0.3, 0.4) is 0 Å². The van der Waals surface area contributed by atoms with Crippen LogP contribution in [0.5, 0.6) is 0 Å². The summed E-state index contributed by atoms with van der Waals surface area (Å²) in [6.45, 7) is 7.84. The Balaban J connectivity index is 3.10. The van der Waals surface area contributed by atoms with Gasteiger partial charge in [0, 0.05) is 34.6 Å². The normalized spacial score (nSPS) is 13.2. The summed E-state index contributed by atoms with van der Waals surface area (Å²) < 4.78 is 0. The second-order valence-electron chi connectivity index (χ2n) is 5.82. The highest BCUT2D eigenvalue weighted by atomic mass is 35.5. The van der Waals surface area contributed by atoms with Gasteiger partial charge < -0.3 is 10.2 Å². The van der Waals surface area contributed by atoms with Crippen LogP contribution in [-0.2, 0) is 16.1 Å². The lowest BCUT2D eigenvalue weighted by atomic mass is 10.1. The van der Waals surface area contributed by atoms with Crippen LogP contribution in [0.15, 0.2) is 18.2 Å². The quantitative estimate of drug-likeness (QED) is 0.733. The van der Waals surface area contributed by atoms with Gasteiger partial charge in [0.2, 0.25) is 11.8 Å². The van der Waals surface area contributed by atoms with Crippen molar-refractivity contribution < 1.29 is 9.59 Å². The van der Waals surface area contributed by atoms with Gasteiger partial charge in [-0.3, -0.25) is 9.59 Å². The number of carbonyl (C=O) groups excluding carboxylic acids is 2. The Labute approximate surface area is 154 Å². The molecule has 2 amide bonds. The van der Waals surface area contributed by atoms with Crippen molar-refractivity contribution in [3.05, 3.63) is 33.8 Å². The molecule has 0 bridgehead atoms. The highest BCUT2D eigenvalue weighted by molar-refractivity contribution is 6.36. The molecule has 1 aromatic carbocycles. The fraction of sp³-hybridized carbons (Fsp3) is 0.556. The average Bonchev–Trinajstić information content (AvgIpc) is 2.56. The number of nitrogens with one attached hydrogen (secondary N) is 1. The van der Waals surface area contributed by atoms with E-state index in [2.05, 4.69) is 5.32 Å². The van der Waals surface area contributed by atoms with Crippen LogP contribution in [0.2, 0.25) is 10.0 Å². The van der Waals surface area contributed by atoms with Gasteiger partial charge in [-0.15, -0.1) is 0 Å². The van der Waals surface area contributed by atoms with Crippen LogP contribution in [0.4, 0.5) is 0 Å². The first-order valence-electron chi connectivity index (χ1n) is 8.38. The fourth-order valence-corrected chi connectivity index (χ4v) is 2.93. The molecule has 4 nitrogen and oxygen atoms in total.